The van der Waals surface area contributed by atoms with Gasteiger partial charge in [-0.25, -0.2) is 4.79 Å². The summed E-state index contributed by atoms with van der Waals surface area (Å²) in [5.41, 5.74) is -0.0999. The van der Waals surface area contributed by atoms with Gasteiger partial charge in [0.2, 0.25) is 0 Å². The van der Waals surface area contributed by atoms with Gasteiger partial charge in [0.15, 0.2) is 0 Å². The number of hydrogen-bond acceptors (Lipinski definition) is 4. The summed E-state index contributed by atoms with van der Waals surface area (Å²) in [6.07, 6.45) is 0.512. The number of ether oxygens (including phenoxy) is 2. The Labute approximate surface area is 140 Å². The normalized spacial score (nSPS) is 34.4. The predicted molar refractivity (Wildman–Crippen MR) is 84.3 cm³/mol. The zero-order valence-electron chi connectivity index (χ0n) is 13.6. The van der Waals surface area contributed by atoms with E-state index in [-0.39, 0.29) is 30.3 Å². The Morgan fingerprint density at radius 1 is 1.29 bits per heavy atom. The highest BCUT2D eigenvalue weighted by Gasteiger charge is 2.72. The highest BCUT2D eigenvalue weighted by atomic mass is 16.6. The van der Waals surface area contributed by atoms with E-state index in [4.69, 9.17) is 9.47 Å². The number of hydrogen-bond donors (Lipinski definition) is 1. The molecule has 1 unspecified atom stereocenters. The summed E-state index contributed by atoms with van der Waals surface area (Å²) >= 11 is 0. The van der Waals surface area contributed by atoms with Crippen LogP contribution >= 0.6 is 0 Å². The lowest BCUT2D eigenvalue weighted by molar-refractivity contribution is -0.156. The lowest BCUT2D eigenvalue weighted by Crippen LogP contribution is -2.59. The maximum atomic E-state index is 12.1. The average Bonchev–Trinajstić information content (AvgIpc) is 2.94. The van der Waals surface area contributed by atoms with Crippen LogP contribution in [-0.2, 0) is 20.9 Å². The molecule has 3 saturated heterocycles. The van der Waals surface area contributed by atoms with E-state index in [2.05, 4.69) is 0 Å². The Morgan fingerprint density at radius 2 is 1.96 bits per heavy atom. The molecule has 5 rings (SSSR count). The molecule has 128 valence electrons. The van der Waals surface area contributed by atoms with Crippen molar-refractivity contribution in [1.82, 2.24) is 4.90 Å². The molecule has 6 heteroatoms. The summed E-state index contributed by atoms with van der Waals surface area (Å²) in [6, 6.07) is 9.53. The van der Waals surface area contributed by atoms with Crippen LogP contribution in [-0.4, -0.2) is 46.9 Å². The van der Waals surface area contributed by atoms with Gasteiger partial charge in [-0.2, -0.15) is 0 Å². The van der Waals surface area contributed by atoms with Gasteiger partial charge in [0.1, 0.15) is 6.61 Å². The Kier molecular flexibility index (Phi) is 3.35. The van der Waals surface area contributed by atoms with Gasteiger partial charge in [0, 0.05) is 19.0 Å². The lowest BCUT2D eigenvalue weighted by Gasteiger charge is -2.45. The molecule has 1 aliphatic carbocycles. The zero-order chi connectivity index (χ0) is 16.9. The van der Waals surface area contributed by atoms with Crippen LogP contribution in [0.3, 0.4) is 0 Å². The Balaban J connectivity index is 1.30. The topological polar surface area (TPSA) is 76.1 Å². The van der Waals surface area contributed by atoms with Crippen LogP contribution in [0.4, 0.5) is 4.79 Å². The number of carbonyl (C=O) groups is 2. The van der Waals surface area contributed by atoms with Crippen molar-refractivity contribution in [3.63, 3.8) is 0 Å². The molecule has 4 aliphatic rings. The molecule has 1 aromatic rings. The number of aliphatic carboxylic acids is 1. The van der Waals surface area contributed by atoms with Gasteiger partial charge in [-0.15, -0.1) is 0 Å². The van der Waals surface area contributed by atoms with Gasteiger partial charge in [-0.05, 0) is 25.3 Å². The fourth-order valence-electron chi connectivity index (χ4n) is 4.47. The fourth-order valence-corrected chi connectivity index (χ4v) is 4.47. The molecule has 1 N–H and O–H groups in total. The minimum absolute atomic E-state index is 0.0784. The molecule has 0 radical (unpaired) electrons. The van der Waals surface area contributed by atoms with Gasteiger partial charge in [0.25, 0.3) is 0 Å². The zero-order valence-corrected chi connectivity index (χ0v) is 13.6. The Hall–Kier alpha value is -2.08. The number of benzene rings is 1. The van der Waals surface area contributed by atoms with E-state index >= 15 is 0 Å². The number of rotatable bonds is 4. The summed E-state index contributed by atoms with van der Waals surface area (Å²) in [5.74, 6) is -0.692. The molecule has 0 spiro atoms. The minimum atomic E-state index is -0.771. The van der Waals surface area contributed by atoms with Crippen molar-refractivity contribution in [2.45, 2.75) is 38.1 Å². The molecule has 0 aromatic heterocycles. The van der Waals surface area contributed by atoms with E-state index in [1.807, 2.05) is 37.3 Å². The van der Waals surface area contributed by atoms with Crippen LogP contribution in [0.5, 0.6) is 0 Å². The van der Waals surface area contributed by atoms with Crippen LogP contribution < -0.4 is 0 Å². The smallest absolute Gasteiger partial charge is 0.410 e. The van der Waals surface area contributed by atoms with Crippen LogP contribution in [0, 0.1) is 11.3 Å². The monoisotopic (exact) mass is 331 g/mol. The number of carboxylic acid groups (broad SMARTS) is 1. The number of nitrogens with zero attached hydrogens (tertiary/aromatic N) is 1. The second-order valence-corrected chi connectivity index (χ2v) is 7.51. The maximum Gasteiger partial charge on any atom is 0.410 e. The first-order chi connectivity index (χ1) is 11.4. The summed E-state index contributed by atoms with van der Waals surface area (Å²) in [7, 11) is 0. The number of carboxylic acids is 1. The van der Waals surface area contributed by atoms with Gasteiger partial charge >= 0.3 is 12.1 Å². The average molecular weight is 331 g/mol. The molecule has 1 amide bonds. The van der Waals surface area contributed by atoms with E-state index < -0.39 is 11.4 Å². The number of likely N-dealkylation sites (tertiary alicyclic amines) is 1. The molecule has 1 atom stereocenters. The maximum absolute atomic E-state index is 12.1. The molecule has 3 heterocycles. The van der Waals surface area contributed by atoms with E-state index in [0.29, 0.717) is 25.9 Å². The molecule has 1 aromatic carbocycles. The quantitative estimate of drug-likeness (QED) is 0.916. The third kappa shape index (κ3) is 2.28. The lowest BCUT2D eigenvalue weighted by atomic mass is 9.58. The molecule has 1 saturated carbocycles. The van der Waals surface area contributed by atoms with Gasteiger partial charge in [0.05, 0.1) is 17.1 Å². The Morgan fingerprint density at radius 3 is 2.58 bits per heavy atom. The van der Waals surface area contributed by atoms with E-state index in [1.165, 1.54) is 0 Å². The van der Waals surface area contributed by atoms with Gasteiger partial charge in [-0.1, -0.05) is 30.3 Å². The summed E-state index contributed by atoms with van der Waals surface area (Å²) in [4.78, 5) is 25.3. The first-order valence-electron chi connectivity index (χ1n) is 8.29. The second kappa shape index (κ2) is 5.21. The van der Waals surface area contributed by atoms with E-state index in [0.717, 1.165) is 5.56 Å². The van der Waals surface area contributed by atoms with Gasteiger partial charge < -0.3 is 19.5 Å². The predicted octanol–water partition coefficient (Wildman–Crippen LogP) is 2.28. The van der Waals surface area contributed by atoms with Crippen molar-refractivity contribution in [2.75, 3.05) is 13.1 Å². The molecule has 4 fully saturated rings. The van der Waals surface area contributed by atoms with Crippen molar-refractivity contribution >= 4 is 12.1 Å². The minimum Gasteiger partial charge on any atom is -0.481 e. The van der Waals surface area contributed by atoms with Crippen molar-refractivity contribution in [3.8, 4) is 0 Å². The van der Waals surface area contributed by atoms with Crippen molar-refractivity contribution in [1.29, 1.82) is 0 Å². The molecule has 2 bridgehead atoms. The SMILES string of the molecule is CC12CC(C(=O)O)(C1)C(C1CN(C(=O)OCc3ccccc3)C1)O2. The van der Waals surface area contributed by atoms with Crippen molar-refractivity contribution in [2.24, 2.45) is 11.3 Å². The highest BCUT2D eigenvalue weighted by molar-refractivity contribution is 5.78. The first kappa shape index (κ1) is 15.4. The Bertz CT molecular complexity index is 661. The van der Waals surface area contributed by atoms with Crippen molar-refractivity contribution < 1.29 is 24.2 Å². The standard InChI is InChI=1S/C18H21NO5/c1-17-10-18(11-17,15(20)21)14(24-17)13-7-19(8-13)16(22)23-9-12-5-3-2-4-6-12/h2-6,13-14H,7-11H2,1H3,(H,20,21). The van der Waals surface area contributed by atoms with Gasteiger partial charge in [-0.3, -0.25) is 4.79 Å². The number of amides is 1. The number of carbonyl (C=O) groups excluding carboxylic acids is 1. The van der Waals surface area contributed by atoms with E-state index in [1.54, 1.807) is 4.90 Å². The third-order valence-corrected chi connectivity index (χ3v) is 5.56. The molecule has 24 heavy (non-hydrogen) atoms. The fraction of sp³-hybridized carbons (Fsp3) is 0.556. The summed E-state index contributed by atoms with van der Waals surface area (Å²) < 4.78 is 11.3. The van der Waals surface area contributed by atoms with Crippen molar-refractivity contribution in [3.05, 3.63) is 35.9 Å². The summed E-state index contributed by atoms with van der Waals surface area (Å²) in [6.45, 7) is 3.23. The first-order valence-corrected chi connectivity index (χ1v) is 8.29. The second-order valence-electron chi connectivity index (χ2n) is 7.51. The number of fused-ring (bicyclic) bond motifs is 1. The van der Waals surface area contributed by atoms with Crippen LogP contribution in [0.1, 0.15) is 25.3 Å². The molecule has 3 aliphatic heterocycles. The molecule has 6 nitrogen and oxygen atoms in total. The van der Waals surface area contributed by atoms with E-state index in [9.17, 15) is 14.7 Å². The van der Waals surface area contributed by atoms with Crippen LogP contribution in [0.15, 0.2) is 30.3 Å². The largest absolute Gasteiger partial charge is 0.481 e. The van der Waals surface area contributed by atoms with Crippen LogP contribution in [0.25, 0.3) is 0 Å². The highest BCUT2D eigenvalue weighted by Crippen LogP contribution is 2.63. The molecular formula is C18H21NO5. The molecular weight excluding hydrogens is 310 g/mol. The summed E-state index contributed by atoms with van der Waals surface area (Å²) in [5, 5.41) is 9.56. The third-order valence-electron chi connectivity index (χ3n) is 5.56. The van der Waals surface area contributed by atoms with Crippen LogP contribution in [0.2, 0.25) is 0 Å².